The molecule has 0 aliphatic carbocycles. The molecule has 0 spiro atoms. The second kappa shape index (κ2) is 6.21. The predicted molar refractivity (Wildman–Crippen MR) is 102 cm³/mol. The first-order chi connectivity index (χ1) is 13.1. The summed E-state index contributed by atoms with van der Waals surface area (Å²) in [6.45, 7) is 3.26. The molecule has 0 bridgehead atoms. The average Bonchev–Trinajstić information content (AvgIpc) is 2.90. The number of fused-ring (bicyclic) bond motifs is 4. The average molecular weight is 429 g/mol. The van der Waals surface area contributed by atoms with E-state index in [1.54, 1.807) is 16.7 Å². The minimum Gasteiger partial charge on any atom is -0.375 e. The fourth-order valence-electron chi connectivity index (χ4n) is 3.49. The molecule has 5 rings (SSSR count). The third-order valence-electron chi connectivity index (χ3n) is 4.70. The molecule has 4 aromatic rings. The monoisotopic (exact) mass is 428 g/mol. The van der Waals surface area contributed by atoms with E-state index in [2.05, 4.69) is 36.1 Å². The lowest BCUT2D eigenvalue weighted by Gasteiger charge is -2.25. The van der Waals surface area contributed by atoms with Gasteiger partial charge < -0.3 is 9.64 Å². The quantitative estimate of drug-likeness (QED) is 0.431. The lowest BCUT2D eigenvalue weighted by Crippen LogP contribution is -2.23. The van der Waals surface area contributed by atoms with Gasteiger partial charge in [-0.05, 0) is 41.1 Å². The number of rotatable bonds is 1. The third-order valence-corrected chi connectivity index (χ3v) is 5.38. The Morgan fingerprint density at radius 1 is 1.22 bits per heavy atom. The molecule has 4 heterocycles. The Morgan fingerprint density at radius 3 is 3.00 bits per heavy atom. The molecule has 0 atom stereocenters. The fourth-order valence-corrected chi connectivity index (χ4v) is 3.92. The van der Waals surface area contributed by atoms with E-state index in [0.29, 0.717) is 52.7 Å². The van der Waals surface area contributed by atoms with Crippen LogP contribution in [0.1, 0.15) is 11.4 Å². The highest BCUT2D eigenvalue weighted by atomic mass is 79.9. The van der Waals surface area contributed by atoms with Crippen molar-refractivity contribution in [2.24, 2.45) is 0 Å². The molecular weight excluding hydrogens is 415 g/mol. The van der Waals surface area contributed by atoms with Crippen LogP contribution in [0.3, 0.4) is 0 Å². The van der Waals surface area contributed by atoms with E-state index in [4.69, 9.17) is 4.74 Å². The zero-order valence-electron chi connectivity index (χ0n) is 14.4. The Morgan fingerprint density at radius 2 is 2.11 bits per heavy atom. The summed E-state index contributed by atoms with van der Waals surface area (Å²) in [5.74, 6) is 1.24. The summed E-state index contributed by atoms with van der Waals surface area (Å²) in [5, 5.41) is 8.68. The first kappa shape index (κ1) is 16.5. The Bertz CT molecular complexity index is 1190. The van der Waals surface area contributed by atoms with Crippen LogP contribution in [0.5, 0.6) is 0 Å². The number of hydrogen-bond donors (Lipinski definition) is 0. The van der Waals surface area contributed by atoms with Crippen molar-refractivity contribution in [1.82, 2.24) is 24.6 Å². The van der Waals surface area contributed by atoms with Crippen LogP contribution >= 0.6 is 15.9 Å². The minimum absolute atomic E-state index is 0.343. The number of nitrogens with zero attached hydrogens (tertiary/aromatic N) is 6. The van der Waals surface area contributed by atoms with Crippen molar-refractivity contribution >= 4 is 44.1 Å². The molecule has 0 saturated carbocycles. The first-order valence-electron chi connectivity index (χ1n) is 8.44. The van der Waals surface area contributed by atoms with E-state index < -0.39 is 0 Å². The van der Waals surface area contributed by atoms with Crippen LogP contribution in [0, 0.1) is 12.7 Å². The molecule has 0 unspecified atom stereocenters. The number of anilines is 2. The molecule has 0 fully saturated rings. The first-order valence-corrected chi connectivity index (χ1v) is 9.23. The SMILES string of the molecule is Cc1nnc2nc(N3CCOCc4c3ccnc4Br)c3c(F)cccc3n12. The van der Waals surface area contributed by atoms with Crippen molar-refractivity contribution in [3.63, 3.8) is 0 Å². The van der Waals surface area contributed by atoms with E-state index in [-0.39, 0.29) is 5.82 Å². The van der Waals surface area contributed by atoms with Gasteiger partial charge in [-0.15, -0.1) is 10.2 Å². The largest absolute Gasteiger partial charge is 0.375 e. The second-order valence-corrected chi connectivity index (χ2v) is 7.01. The van der Waals surface area contributed by atoms with Gasteiger partial charge in [-0.1, -0.05) is 6.07 Å². The van der Waals surface area contributed by atoms with E-state index in [9.17, 15) is 4.39 Å². The normalized spacial score (nSPS) is 14.6. The maximum atomic E-state index is 15.0. The molecular formula is C18H14BrFN6O. The van der Waals surface area contributed by atoms with Gasteiger partial charge in [0.15, 0.2) is 0 Å². The van der Waals surface area contributed by atoms with E-state index in [0.717, 1.165) is 11.3 Å². The van der Waals surface area contributed by atoms with Gasteiger partial charge in [0.25, 0.3) is 5.78 Å². The minimum atomic E-state index is -0.343. The van der Waals surface area contributed by atoms with Crippen molar-refractivity contribution in [1.29, 1.82) is 0 Å². The summed E-state index contributed by atoms with van der Waals surface area (Å²) >= 11 is 3.49. The lowest BCUT2D eigenvalue weighted by atomic mass is 10.1. The van der Waals surface area contributed by atoms with Gasteiger partial charge in [-0.3, -0.25) is 4.40 Å². The van der Waals surface area contributed by atoms with Crippen LogP contribution in [0.2, 0.25) is 0 Å². The van der Waals surface area contributed by atoms with Gasteiger partial charge >= 0.3 is 0 Å². The van der Waals surface area contributed by atoms with Crippen molar-refractivity contribution in [2.75, 3.05) is 18.1 Å². The topological polar surface area (TPSA) is 68.4 Å². The van der Waals surface area contributed by atoms with Crippen molar-refractivity contribution in [2.45, 2.75) is 13.5 Å². The molecule has 136 valence electrons. The van der Waals surface area contributed by atoms with E-state index in [1.165, 1.54) is 6.07 Å². The predicted octanol–water partition coefficient (Wildman–Crippen LogP) is 3.55. The number of pyridine rings is 1. The molecule has 0 amide bonds. The molecule has 0 N–H and O–H groups in total. The number of halogens is 2. The Kier molecular flexibility index (Phi) is 3.80. The Balaban J connectivity index is 1.87. The molecule has 9 heteroatoms. The highest BCUT2D eigenvalue weighted by molar-refractivity contribution is 9.10. The fraction of sp³-hybridized carbons (Fsp3) is 0.222. The number of aryl methyl sites for hydroxylation is 1. The lowest BCUT2D eigenvalue weighted by molar-refractivity contribution is 0.132. The summed E-state index contributed by atoms with van der Waals surface area (Å²) in [7, 11) is 0. The van der Waals surface area contributed by atoms with Gasteiger partial charge in [0.1, 0.15) is 22.1 Å². The van der Waals surface area contributed by atoms with Gasteiger partial charge in [0.05, 0.1) is 29.8 Å². The Hall–Kier alpha value is -2.65. The van der Waals surface area contributed by atoms with E-state index >= 15 is 0 Å². The molecule has 27 heavy (non-hydrogen) atoms. The van der Waals surface area contributed by atoms with E-state index in [1.807, 2.05) is 24.0 Å². The second-order valence-electron chi connectivity index (χ2n) is 6.26. The maximum Gasteiger partial charge on any atom is 0.257 e. The Labute approximate surface area is 161 Å². The molecule has 1 aliphatic heterocycles. The van der Waals surface area contributed by atoms with Gasteiger partial charge in [0.2, 0.25) is 0 Å². The highest BCUT2D eigenvalue weighted by Crippen LogP contribution is 2.37. The molecule has 7 nitrogen and oxygen atoms in total. The van der Waals surface area contributed by atoms with Gasteiger partial charge in [-0.25, -0.2) is 9.37 Å². The van der Waals surface area contributed by atoms with Crippen LogP contribution in [-0.4, -0.2) is 37.7 Å². The van der Waals surface area contributed by atoms with Gasteiger partial charge in [-0.2, -0.15) is 4.98 Å². The maximum absolute atomic E-state index is 15.0. The van der Waals surface area contributed by atoms with Crippen LogP contribution < -0.4 is 4.90 Å². The number of hydrogen-bond acceptors (Lipinski definition) is 6. The molecule has 3 aromatic heterocycles. The molecule has 1 aliphatic rings. The van der Waals surface area contributed by atoms with Crippen molar-refractivity contribution in [3.8, 4) is 0 Å². The summed E-state index contributed by atoms with van der Waals surface area (Å²) in [6, 6.07) is 6.87. The highest BCUT2D eigenvalue weighted by Gasteiger charge is 2.25. The zero-order chi connectivity index (χ0) is 18.5. The molecule has 1 aromatic carbocycles. The zero-order valence-corrected chi connectivity index (χ0v) is 15.9. The van der Waals surface area contributed by atoms with Crippen molar-refractivity contribution in [3.05, 3.63) is 52.3 Å². The summed E-state index contributed by atoms with van der Waals surface area (Å²) < 4.78 is 23.1. The van der Waals surface area contributed by atoms with Crippen LogP contribution in [0.4, 0.5) is 15.9 Å². The standard InChI is InChI=1S/C18H14BrFN6O/c1-10-23-24-18-22-17(15-12(20)3-2-4-14(15)26(10)18)25-7-8-27-9-11-13(25)5-6-21-16(11)19/h2-6H,7-9H2,1H3. The third kappa shape index (κ3) is 2.49. The number of aromatic nitrogens is 5. The smallest absolute Gasteiger partial charge is 0.257 e. The van der Waals surface area contributed by atoms with Crippen LogP contribution in [0.25, 0.3) is 16.7 Å². The summed E-state index contributed by atoms with van der Waals surface area (Å²) in [5.41, 5.74) is 2.46. The van der Waals surface area contributed by atoms with Crippen LogP contribution in [0.15, 0.2) is 35.1 Å². The summed E-state index contributed by atoms with van der Waals surface area (Å²) in [6.07, 6.45) is 1.71. The molecule has 0 saturated heterocycles. The van der Waals surface area contributed by atoms with Crippen molar-refractivity contribution < 1.29 is 9.13 Å². The van der Waals surface area contributed by atoms with Crippen LogP contribution in [-0.2, 0) is 11.3 Å². The molecule has 0 radical (unpaired) electrons. The summed E-state index contributed by atoms with van der Waals surface area (Å²) in [4.78, 5) is 10.9. The number of benzene rings is 1. The van der Waals surface area contributed by atoms with Gasteiger partial charge in [0, 0.05) is 18.3 Å². The number of ether oxygens (including phenoxy) is 1.